The summed E-state index contributed by atoms with van der Waals surface area (Å²) in [5.74, 6) is 1.89. The largest absolute Gasteiger partial charge is 0.479 e. The average molecular weight is 208 g/mol. The van der Waals surface area contributed by atoms with Crippen molar-refractivity contribution in [3.8, 4) is 11.8 Å². The molecule has 0 spiro atoms. The zero-order valence-electron chi connectivity index (χ0n) is 8.90. The Morgan fingerprint density at radius 3 is 2.93 bits per heavy atom. The van der Waals surface area contributed by atoms with Crippen molar-refractivity contribution in [3.05, 3.63) is 12.1 Å². The minimum Gasteiger partial charge on any atom is -0.479 e. The molecule has 82 valence electrons. The number of hydrogen-bond acceptors (Lipinski definition) is 4. The molecule has 1 saturated carbocycles. The highest BCUT2D eigenvalue weighted by Crippen LogP contribution is 2.32. The van der Waals surface area contributed by atoms with Gasteiger partial charge in [0.15, 0.2) is 0 Å². The number of anilines is 1. The molecule has 0 aliphatic heterocycles. The second-order valence-corrected chi connectivity index (χ2v) is 3.83. The fraction of sp³-hybridized carbons (Fsp3) is 0.545. The fourth-order valence-electron chi connectivity index (χ4n) is 1.41. The van der Waals surface area contributed by atoms with Crippen LogP contribution < -0.4 is 15.2 Å². The van der Waals surface area contributed by atoms with Gasteiger partial charge in [-0.1, -0.05) is 12.8 Å². The predicted octanol–water partition coefficient (Wildman–Crippen LogP) is 1.85. The van der Waals surface area contributed by atoms with E-state index in [-0.39, 0.29) is 0 Å². The van der Waals surface area contributed by atoms with Crippen molar-refractivity contribution >= 4 is 5.69 Å². The normalized spacial score (nSPS) is 15.0. The number of nitrogens with zero attached hydrogens (tertiary/aromatic N) is 1. The number of hydrogen-bond donors (Lipinski definition) is 1. The van der Waals surface area contributed by atoms with Gasteiger partial charge in [-0.05, 0) is 18.4 Å². The van der Waals surface area contributed by atoms with Gasteiger partial charge in [0, 0.05) is 6.07 Å². The summed E-state index contributed by atoms with van der Waals surface area (Å²) in [5.41, 5.74) is 6.18. The molecule has 0 aromatic carbocycles. The average Bonchev–Trinajstić information content (AvgIpc) is 3.04. The lowest BCUT2D eigenvalue weighted by molar-refractivity contribution is 0.285. The molecule has 0 amide bonds. The van der Waals surface area contributed by atoms with E-state index in [4.69, 9.17) is 15.2 Å². The van der Waals surface area contributed by atoms with Crippen molar-refractivity contribution in [2.24, 2.45) is 5.92 Å². The maximum absolute atomic E-state index is 5.64. The van der Waals surface area contributed by atoms with E-state index in [2.05, 4.69) is 4.98 Å². The van der Waals surface area contributed by atoms with Crippen molar-refractivity contribution in [1.82, 2.24) is 4.98 Å². The van der Waals surface area contributed by atoms with Gasteiger partial charge >= 0.3 is 0 Å². The highest BCUT2D eigenvalue weighted by molar-refractivity contribution is 5.49. The van der Waals surface area contributed by atoms with Crippen LogP contribution in [0.15, 0.2) is 12.1 Å². The zero-order valence-corrected chi connectivity index (χ0v) is 8.90. The summed E-state index contributed by atoms with van der Waals surface area (Å²) in [7, 11) is 1.55. The molecular weight excluding hydrogens is 192 g/mol. The van der Waals surface area contributed by atoms with Crippen LogP contribution in [0, 0.1) is 5.92 Å². The standard InChI is InChI=1S/C11H16N2O2/c1-14-11-9(12)4-5-10(13-11)15-7-6-8-2-3-8/h4-5,8H,2-3,6-7,12H2,1H3. The number of ether oxygens (including phenoxy) is 2. The molecule has 0 bridgehead atoms. The molecule has 0 saturated heterocycles. The van der Waals surface area contributed by atoms with Gasteiger partial charge in [-0.25, -0.2) is 0 Å². The lowest BCUT2D eigenvalue weighted by atomic mass is 10.3. The first-order chi connectivity index (χ1) is 7.29. The third-order valence-electron chi connectivity index (χ3n) is 2.53. The summed E-state index contributed by atoms with van der Waals surface area (Å²) >= 11 is 0. The van der Waals surface area contributed by atoms with Gasteiger partial charge in [0.2, 0.25) is 11.8 Å². The van der Waals surface area contributed by atoms with E-state index in [1.165, 1.54) is 12.8 Å². The molecule has 2 N–H and O–H groups in total. The van der Waals surface area contributed by atoms with Crippen molar-refractivity contribution < 1.29 is 9.47 Å². The summed E-state index contributed by atoms with van der Waals surface area (Å²) in [5, 5.41) is 0. The number of nitrogen functional groups attached to an aromatic ring is 1. The van der Waals surface area contributed by atoms with E-state index in [0.29, 0.717) is 17.4 Å². The minimum atomic E-state index is 0.430. The molecule has 1 aromatic heterocycles. The maximum Gasteiger partial charge on any atom is 0.240 e. The van der Waals surface area contributed by atoms with Crippen LogP contribution in [0.5, 0.6) is 11.8 Å². The summed E-state index contributed by atoms with van der Waals surface area (Å²) in [6, 6.07) is 3.52. The minimum absolute atomic E-state index is 0.430. The SMILES string of the molecule is COc1nc(OCCC2CC2)ccc1N. The van der Waals surface area contributed by atoms with Crippen molar-refractivity contribution in [2.75, 3.05) is 19.5 Å². The molecule has 1 aliphatic carbocycles. The Morgan fingerprint density at radius 1 is 1.47 bits per heavy atom. The molecule has 1 aromatic rings. The van der Waals surface area contributed by atoms with Crippen LogP contribution in [0.1, 0.15) is 19.3 Å². The van der Waals surface area contributed by atoms with Gasteiger partial charge in [-0.3, -0.25) is 0 Å². The van der Waals surface area contributed by atoms with E-state index in [0.717, 1.165) is 18.9 Å². The van der Waals surface area contributed by atoms with Crippen LogP contribution in [-0.2, 0) is 0 Å². The maximum atomic E-state index is 5.64. The van der Waals surface area contributed by atoms with Gasteiger partial charge in [-0.15, -0.1) is 0 Å². The van der Waals surface area contributed by atoms with E-state index in [9.17, 15) is 0 Å². The first kappa shape index (κ1) is 10.1. The van der Waals surface area contributed by atoms with E-state index in [1.54, 1.807) is 19.2 Å². The lowest BCUT2D eigenvalue weighted by Gasteiger charge is -2.07. The van der Waals surface area contributed by atoms with Crippen LogP contribution in [0.2, 0.25) is 0 Å². The van der Waals surface area contributed by atoms with Crippen LogP contribution in [0.25, 0.3) is 0 Å². The lowest BCUT2D eigenvalue weighted by Crippen LogP contribution is -2.02. The number of rotatable bonds is 5. The highest BCUT2D eigenvalue weighted by atomic mass is 16.5. The third-order valence-corrected chi connectivity index (χ3v) is 2.53. The number of aromatic nitrogens is 1. The molecule has 0 atom stereocenters. The first-order valence-electron chi connectivity index (χ1n) is 5.23. The second kappa shape index (κ2) is 4.38. The van der Waals surface area contributed by atoms with Gasteiger partial charge in [0.1, 0.15) is 0 Å². The Balaban J connectivity index is 1.89. The Hall–Kier alpha value is -1.45. The number of methoxy groups -OCH3 is 1. The topological polar surface area (TPSA) is 57.4 Å². The number of nitrogens with two attached hydrogens (primary N) is 1. The molecule has 0 radical (unpaired) electrons. The zero-order chi connectivity index (χ0) is 10.7. The molecule has 2 rings (SSSR count). The van der Waals surface area contributed by atoms with Gasteiger partial charge in [0.05, 0.1) is 19.4 Å². The second-order valence-electron chi connectivity index (χ2n) is 3.83. The summed E-state index contributed by atoms with van der Waals surface area (Å²) < 4.78 is 10.5. The van der Waals surface area contributed by atoms with Crippen LogP contribution >= 0.6 is 0 Å². The molecular formula is C11H16N2O2. The fourth-order valence-corrected chi connectivity index (χ4v) is 1.41. The Kier molecular flexibility index (Phi) is 2.94. The summed E-state index contributed by atoms with van der Waals surface area (Å²) in [6.45, 7) is 0.727. The quantitative estimate of drug-likeness (QED) is 0.802. The number of pyridine rings is 1. The monoisotopic (exact) mass is 208 g/mol. The smallest absolute Gasteiger partial charge is 0.240 e. The van der Waals surface area contributed by atoms with Gasteiger partial charge in [0.25, 0.3) is 0 Å². The van der Waals surface area contributed by atoms with Crippen molar-refractivity contribution in [1.29, 1.82) is 0 Å². The Labute approximate surface area is 89.4 Å². The third kappa shape index (κ3) is 2.75. The highest BCUT2D eigenvalue weighted by Gasteiger charge is 2.20. The van der Waals surface area contributed by atoms with E-state index in [1.807, 2.05) is 0 Å². The first-order valence-corrected chi connectivity index (χ1v) is 5.23. The van der Waals surface area contributed by atoms with Crippen LogP contribution in [0.3, 0.4) is 0 Å². The van der Waals surface area contributed by atoms with Crippen LogP contribution in [0.4, 0.5) is 5.69 Å². The van der Waals surface area contributed by atoms with Gasteiger partial charge < -0.3 is 15.2 Å². The predicted molar refractivity (Wildman–Crippen MR) is 58.0 cm³/mol. The molecule has 1 aliphatic rings. The molecule has 15 heavy (non-hydrogen) atoms. The summed E-state index contributed by atoms with van der Waals surface area (Å²) in [4.78, 5) is 4.14. The van der Waals surface area contributed by atoms with Gasteiger partial charge in [-0.2, -0.15) is 4.98 Å². The summed E-state index contributed by atoms with van der Waals surface area (Å²) in [6.07, 6.45) is 3.82. The molecule has 4 nitrogen and oxygen atoms in total. The molecule has 1 fully saturated rings. The van der Waals surface area contributed by atoms with E-state index >= 15 is 0 Å². The Bertz CT molecular complexity index is 337. The van der Waals surface area contributed by atoms with Crippen molar-refractivity contribution in [2.45, 2.75) is 19.3 Å². The van der Waals surface area contributed by atoms with E-state index < -0.39 is 0 Å². The molecule has 4 heteroatoms. The van der Waals surface area contributed by atoms with Crippen molar-refractivity contribution in [3.63, 3.8) is 0 Å². The molecule has 0 unspecified atom stereocenters. The van der Waals surface area contributed by atoms with Crippen LogP contribution in [-0.4, -0.2) is 18.7 Å². The Morgan fingerprint density at radius 2 is 2.27 bits per heavy atom. The molecule has 1 heterocycles.